The molecule has 0 aromatic heterocycles. The SMILES string of the molecule is O=C(NCCC(C(=O)NO)C1(CCO)CCN(CCc2ccccc2)C1=O)c1ccc(F)c(F)c1. The molecule has 2 atom stereocenters. The number of aliphatic hydroxyl groups excluding tert-OH is 1. The van der Waals surface area contributed by atoms with Gasteiger partial charge in [0.25, 0.3) is 5.91 Å². The molecule has 0 aliphatic carbocycles. The fourth-order valence-electron chi connectivity index (χ4n) is 4.71. The zero-order chi connectivity index (χ0) is 25.4. The fraction of sp³-hybridized carbons (Fsp3) is 0.400. The first-order valence-electron chi connectivity index (χ1n) is 11.4. The molecule has 35 heavy (non-hydrogen) atoms. The van der Waals surface area contributed by atoms with Gasteiger partial charge in [-0.1, -0.05) is 30.3 Å². The van der Waals surface area contributed by atoms with E-state index in [1.165, 1.54) is 0 Å². The Labute approximate surface area is 201 Å². The van der Waals surface area contributed by atoms with Gasteiger partial charge in [-0.3, -0.25) is 19.6 Å². The van der Waals surface area contributed by atoms with E-state index in [1.54, 1.807) is 10.4 Å². The normalized spacial score (nSPS) is 18.4. The van der Waals surface area contributed by atoms with Gasteiger partial charge < -0.3 is 15.3 Å². The topological polar surface area (TPSA) is 119 Å². The Morgan fingerprint density at radius 2 is 1.86 bits per heavy atom. The summed E-state index contributed by atoms with van der Waals surface area (Å²) >= 11 is 0. The van der Waals surface area contributed by atoms with Crippen molar-refractivity contribution in [2.24, 2.45) is 11.3 Å². The standard InChI is InChI=1S/C25H29F2N3O5/c26-20-7-6-18(16-21(20)27)22(32)28-12-8-19(23(33)29-35)25(11-15-31)10-14-30(24(25)34)13-9-17-4-2-1-3-5-17/h1-7,16,19,31,35H,8-15H2,(H,28,32)(H,29,33). The van der Waals surface area contributed by atoms with E-state index < -0.39 is 34.8 Å². The lowest BCUT2D eigenvalue weighted by Crippen LogP contribution is -2.48. The number of carbonyl (C=O) groups excluding carboxylic acids is 3. The Morgan fingerprint density at radius 1 is 1.11 bits per heavy atom. The molecule has 1 fully saturated rings. The van der Waals surface area contributed by atoms with Gasteiger partial charge >= 0.3 is 0 Å². The van der Waals surface area contributed by atoms with Crippen molar-refractivity contribution >= 4 is 17.7 Å². The Balaban J connectivity index is 1.70. The van der Waals surface area contributed by atoms with Crippen LogP contribution in [-0.2, 0) is 16.0 Å². The van der Waals surface area contributed by atoms with Crippen LogP contribution in [0.1, 0.15) is 35.2 Å². The molecule has 1 heterocycles. The van der Waals surface area contributed by atoms with Gasteiger partial charge in [-0.05, 0) is 49.4 Å². The molecule has 1 saturated heterocycles. The van der Waals surface area contributed by atoms with E-state index in [1.807, 2.05) is 30.3 Å². The lowest BCUT2D eigenvalue weighted by Gasteiger charge is -2.34. The van der Waals surface area contributed by atoms with E-state index in [0.29, 0.717) is 25.9 Å². The molecule has 2 aromatic carbocycles. The smallest absolute Gasteiger partial charge is 0.251 e. The lowest BCUT2D eigenvalue weighted by atomic mass is 9.69. The molecule has 2 unspecified atom stereocenters. The molecule has 10 heteroatoms. The van der Waals surface area contributed by atoms with Crippen molar-refractivity contribution in [3.05, 3.63) is 71.3 Å². The van der Waals surface area contributed by atoms with E-state index in [9.17, 15) is 33.5 Å². The third kappa shape index (κ3) is 6.01. The van der Waals surface area contributed by atoms with Crippen molar-refractivity contribution in [1.29, 1.82) is 0 Å². The second-order valence-corrected chi connectivity index (χ2v) is 8.61. The molecule has 3 amide bonds. The molecule has 2 aromatic rings. The van der Waals surface area contributed by atoms with Crippen molar-refractivity contribution in [2.75, 3.05) is 26.2 Å². The van der Waals surface area contributed by atoms with Crippen molar-refractivity contribution < 1.29 is 33.5 Å². The zero-order valence-electron chi connectivity index (χ0n) is 19.2. The first-order chi connectivity index (χ1) is 16.8. The maximum Gasteiger partial charge on any atom is 0.251 e. The van der Waals surface area contributed by atoms with Crippen LogP contribution in [0.2, 0.25) is 0 Å². The summed E-state index contributed by atoms with van der Waals surface area (Å²) in [6.45, 7) is 0.424. The Bertz CT molecular complexity index is 1050. The number of hydrogen-bond donors (Lipinski definition) is 4. The number of likely N-dealkylation sites (tertiary alicyclic amines) is 1. The van der Waals surface area contributed by atoms with Crippen LogP contribution in [0.3, 0.4) is 0 Å². The van der Waals surface area contributed by atoms with Crippen LogP contribution in [0.15, 0.2) is 48.5 Å². The number of amides is 3. The first-order valence-corrected chi connectivity index (χ1v) is 11.4. The number of carbonyl (C=O) groups is 3. The number of aliphatic hydroxyl groups is 1. The van der Waals surface area contributed by atoms with Crippen molar-refractivity contribution in [1.82, 2.24) is 15.7 Å². The van der Waals surface area contributed by atoms with E-state index in [-0.39, 0.29) is 37.5 Å². The number of hydrogen-bond acceptors (Lipinski definition) is 5. The molecule has 0 bridgehead atoms. The maximum atomic E-state index is 13.5. The Hall–Kier alpha value is -3.37. The summed E-state index contributed by atoms with van der Waals surface area (Å²) in [5.41, 5.74) is 1.33. The van der Waals surface area contributed by atoms with Crippen molar-refractivity contribution in [3.63, 3.8) is 0 Å². The van der Waals surface area contributed by atoms with E-state index in [2.05, 4.69) is 5.32 Å². The Kier molecular flexibility index (Phi) is 8.89. The van der Waals surface area contributed by atoms with Crippen LogP contribution < -0.4 is 10.8 Å². The molecule has 0 saturated carbocycles. The van der Waals surface area contributed by atoms with Gasteiger partial charge in [0.05, 0.1) is 11.3 Å². The lowest BCUT2D eigenvalue weighted by molar-refractivity contribution is -0.149. The highest BCUT2D eigenvalue weighted by Crippen LogP contribution is 2.44. The average Bonchev–Trinajstić information content (AvgIpc) is 3.18. The average molecular weight is 490 g/mol. The highest BCUT2D eigenvalue weighted by molar-refractivity contribution is 5.94. The van der Waals surface area contributed by atoms with Gasteiger partial charge in [-0.25, -0.2) is 14.3 Å². The predicted octanol–water partition coefficient (Wildman–Crippen LogP) is 2.05. The minimum Gasteiger partial charge on any atom is -0.396 e. The van der Waals surface area contributed by atoms with Gasteiger partial charge in [0.2, 0.25) is 11.8 Å². The molecule has 3 rings (SSSR count). The molecule has 1 aliphatic heterocycles. The number of nitrogens with zero attached hydrogens (tertiary/aromatic N) is 1. The second-order valence-electron chi connectivity index (χ2n) is 8.61. The molecule has 0 radical (unpaired) electrons. The Morgan fingerprint density at radius 3 is 2.51 bits per heavy atom. The summed E-state index contributed by atoms with van der Waals surface area (Å²) in [5, 5.41) is 21.6. The summed E-state index contributed by atoms with van der Waals surface area (Å²) in [6, 6.07) is 12.4. The monoisotopic (exact) mass is 489 g/mol. The number of hydroxylamine groups is 1. The van der Waals surface area contributed by atoms with Crippen molar-refractivity contribution in [2.45, 2.75) is 25.7 Å². The zero-order valence-corrected chi connectivity index (χ0v) is 19.2. The third-order valence-electron chi connectivity index (χ3n) is 6.61. The van der Waals surface area contributed by atoms with Crippen LogP contribution >= 0.6 is 0 Å². The number of rotatable bonds is 11. The van der Waals surface area contributed by atoms with Crippen LogP contribution in [0, 0.1) is 23.0 Å². The third-order valence-corrected chi connectivity index (χ3v) is 6.61. The summed E-state index contributed by atoms with van der Waals surface area (Å²) in [4.78, 5) is 40.1. The van der Waals surface area contributed by atoms with Crippen molar-refractivity contribution in [3.8, 4) is 0 Å². The minimum atomic E-state index is -1.25. The van der Waals surface area contributed by atoms with Gasteiger partial charge in [0, 0.05) is 31.8 Å². The van der Waals surface area contributed by atoms with E-state index >= 15 is 0 Å². The molecule has 4 N–H and O–H groups in total. The van der Waals surface area contributed by atoms with Crippen LogP contribution in [-0.4, -0.2) is 59.2 Å². The first kappa shape index (κ1) is 26.2. The molecule has 188 valence electrons. The van der Waals surface area contributed by atoms with Crippen LogP contribution in [0.5, 0.6) is 0 Å². The number of benzene rings is 2. The largest absolute Gasteiger partial charge is 0.396 e. The highest BCUT2D eigenvalue weighted by Gasteiger charge is 2.53. The summed E-state index contributed by atoms with van der Waals surface area (Å²) in [5.74, 6) is -5.03. The van der Waals surface area contributed by atoms with Crippen LogP contribution in [0.4, 0.5) is 8.78 Å². The van der Waals surface area contributed by atoms with Crippen LogP contribution in [0.25, 0.3) is 0 Å². The summed E-state index contributed by atoms with van der Waals surface area (Å²) < 4.78 is 26.6. The molecule has 1 aliphatic rings. The summed E-state index contributed by atoms with van der Waals surface area (Å²) in [6.07, 6.45) is 0.933. The summed E-state index contributed by atoms with van der Waals surface area (Å²) in [7, 11) is 0. The highest BCUT2D eigenvalue weighted by atomic mass is 19.2. The number of nitrogens with one attached hydrogen (secondary N) is 2. The molecular weight excluding hydrogens is 460 g/mol. The second kappa shape index (κ2) is 11.9. The van der Waals surface area contributed by atoms with Gasteiger partial charge in [-0.2, -0.15) is 0 Å². The number of halogens is 2. The molecular formula is C25H29F2N3O5. The predicted molar refractivity (Wildman–Crippen MR) is 122 cm³/mol. The van der Waals surface area contributed by atoms with Gasteiger partial charge in [0.1, 0.15) is 0 Å². The van der Waals surface area contributed by atoms with Gasteiger partial charge in [0.15, 0.2) is 11.6 Å². The maximum absolute atomic E-state index is 13.5. The fourth-order valence-corrected chi connectivity index (χ4v) is 4.71. The van der Waals surface area contributed by atoms with Gasteiger partial charge in [-0.15, -0.1) is 0 Å². The molecule has 0 spiro atoms. The molecule has 8 nitrogen and oxygen atoms in total. The van der Waals surface area contributed by atoms with E-state index in [4.69, 9.17) is 0 Å². The van der Waals surface area contributed by atoms with E-state index in [0.717, 1.165) is 23.8 Å². The minimum absolute atomic E-state index is 0.0138. The quantitative estimate of drug-likeness (QED) is 0.285.